The largest absolute Gasteiger partial charge is 0.325 e. The summed E-state index contributed by atoms with van der Waals surface area (Å²) in [4.78, 5) is 12.2. The summed E-state index contributed by atoms with van der Waals surface area (Å²) in [6.07, 6.45) is 4.10. The van der Waals surface area contributed by atoms with Crippen LogP contribution < -0.4 is 5.32 Å². The molecule has 0 bridgehead atoms. The van der Waals surface area contributed by atoms with E-state index in [4.69, 9.17) is 0 Å². The Bertz CT molecular complexity index is 383. The summed E-state index contributed by atoms with van der Waals surface area (Å²) >= 11 is 4.48. The van der Waals surface area contributed by atoms with E-state index < -0.39 is 10.1 Å². The number of para-hydroxylation sites is 1. The van der Waals surface area contributed by atoms with Gasteiger partial charge in [0.15, 0.2) is 0 Å². The van der Waals surface area contributed by atoms with Crippen LogP contribution in [0.25, 0.3) is 0 Å². The van der Waals surface area contributed by atoms with Gasteiger partial charge in [-0.15, -0.1) is 11.7 Å². The molecule has 1 aliphatic rings. The first-order valence-electron chi connectivity index (χ1n) is 5.73. The topological polar surface area (TPSA) is 32.3 Å². The molecule has 94 valence electrons. The van der Waals surface area contributed by atoms with Gasteiger partial charge in [-0.1, -0.05) is 18.2 Å². The molecule has 1 saturated heterocycles. The number of carbonyl (C=O) groups is 1. The molecule has 0 spiro atoms. The molecule has 1 aliphatic heterocycles. The minimum Gasteiger partial charge on any atom is -0.325 e. The number of benzene rings is 1. The molecule has 2 atom stereocenters. The van der Waals surface area contributed by atoms with Crippen LogP contribution in [0.5, 0.6) is 0 Å². The first kappa shape index (κ1) is 12.8. The molecule has 0 saturated carbocycles. The molecule has 1 fully saturated rings. The van der Waals surface area contributed by atoms with Gasteiger partial charge in [0.1, 0.15) is 0 Å². The maximum atomic E-state index is 12.2. The Morgan fingerprint density at radius 2 is 2.18 bits per heavy atom. The molecule has 1 aromatic carbocycles. The Balaban J connectivity index is 2.00. The van der Waals surface area contributed by atoms with Gasteiger partial charge in [0.2, 0.25) is 5.91 Å². The van der Waals surface area contributed by atoms with Crippen molar-refractivity contribution in [2.45, 2.75) is 18.9 Å². The van der Waals surface area contributed by atoms with Crippen LogP contribution in [0.2, 0.25) is 0 Å². The number of carbonyl (C=O) groups excluding carboxylic acids is 1. The van der Waals surface area contributed by atoms with Crippen molar-refractivity contribution in [3.8, 4) is 0 Å². The molecule has 1 unspecified atom stereocenters. The van der Waals surface area contributed by atoms with E-state index >= 15 is 0 Å². The number of nitrogens with zero attached hydrogens (tertiary/aromatic N) is 1. The van der Waals surface area contributed by atoms with Crippen LogP contribution in [0.1, 0.15) is 12.8 Å². The molecular formula is C12H18N2OS2. The summed E-state index contributed by atoms with van der Waals surface area (Å²) in [7, 11) is -0.481. The highest BCUT2D eigenvalue weighted by Crippen LogP contribution is 2.38. The van der Waals surface area contributed by atoms with E-state index in [0.717, 1.165) is 25.1 Å². The fourth-order valence-corrected chi connectivity index (χ4v) is 3.81. The van der Waals surface area contributed by atoms with Crippen LogP contribution >= 0.6 is 21.8 Å². The third-order valence-corrected chi connectivity index (χ3v) is 4.85. The van der Waals surface area contributed by atoms with E-state index in [0.29, 0.717) is 0 Å². The van der Waals surface area contributed by atoms with Gasteiger partial charge in [0.25, 0.3) is 0 Å². The number of hydrogen-bond acceptors (Lipinski definition) is 3. The van der Waals surface area contributed by atoms with Gasteiger partial charge >= 0.3 is 0 Å². The van der Waals surface area contributed by atoms with E-state index in [1.165, 1.54) is 0 Å². The highest BCUT2D eigenvalue weighted by molar-refractivity contribution is 8.76. The number of thiol groups is 2. The monoisotopic (exact) mass is 270 g/mol. The Morgan fingerprint density at radius 1 is 1.47 bits per heavy atom. The zero-order chi connectivity index (χ0) is 12.3. The van der Waals surface area contributed by atoms with Crippen molar-refractivity contribution < 1.29 is 4.79 Å². The van der Waals surface area contributed by atoms with Crippen molar-refractivity contribution >= 4 is 33.4 Å². The van der Waals surface area contributed by atoms with Crippen molar-refractivity contribution in [2.24, 2.45) is 0 Å². The molecule has 0 aromatic heterocycles. The summed E-state index contributed by atoms with van der Waals surface area (Å²) in [6, 6.07) is 9.60. The number of hydrogen-bond donors (Lipinski definition) is 3. The zero-order valence-electron chi connectivity index (χ0n) is 9.84. The lowest BCUT2D eigenvalue weighted by Gasteiger charge is -2.28. The van der Waals surface area contributed by atoms with Gasteiger partial charge in [-0.25, -0.2) is 4.31 Å². The maximum absolute atomic E-state index is 12.2. The third-order valence-electron chi connectivity index (χ3n) is 2.94. The van der Waals surface area contributed by atoms with Crippen molar-refractivity contribution in [1.82, 2.24) is 4.31 Å². The zero-order valence-corrected chi connectivity index (χ0v) is 11.6. The molecule has 3 nitrogen and oxygen atoms in total. The fraction of sp³-hybridized carbons (Fsp3) is 0.417. The van der Waals surface area contributed by atoms with Crippen LogP contribution in [0.15, 0.2) is 30.3 Å². The van der Waals surface area contributed by atoms with Crippen molar-refractivity contribution in [1.29, 1.82) is 0 Å². The predicted octanol–water partition coefficient (Wildman–Crippen LogP) is 2.48. The van der Waals surface area contributed by atoms with Crippen molar-refractivity contribution in [3.05, 3.63) is 30.3 Å². The summed E-state index contributed by atoms with van der Waals surface area (Å²) < 4.78 is 2.21. The van der Waals surface area contributed by atoms with Crippen LogP contribution in [0.4, 0.5) is 5.69 Å². The molecule has 1 heterocycles. The van der Waals surface area contributed by atoms with Gasteiger partial charge in [-0.2, -0.15) is 10.1 Å². The number of nitrogens with one attached hydrogen (secondary N) is 1. The Hall–Kier alpha value is -0.650. The minimum atomic E-state index is -0.481. The highest BCUT2D eigenvalue weighted by atomic mass is 33.1. The van der Waals surface area contributed by atoms with Crippen LogP contribution in [0, 0.1) is 0 Å². The van der Waals surface area contributed by atoms with Gasteiger partial charge in [0.05, 0.1) is 6.04 Å². The quantitative estimate of drug-likeness (QED) is 0.582. The lowest BCUT2D eigenvalue weighted by atomic mass is 10.2. The first-order valence-corrected chi connectivity index (χ1v) is 8.63. The van der Waals surface area contributed by atoms with Crippen LogP contribution in [-0.2, 0) is 4.79 Å². The molecule has 2 rings (SSSR count). The predicted molar refractivity (Wildman–Crippen MR) is 78.7 cm³/mol. The normalized spacial score (nSPS) is 23.4. The second-order valence-corrected chi connectivity index (χ2v) is 7.40. The molecule has 0 aliphatic carbocycles. The second-order valence-electron chi connectivity index (χ2n) is 4.17. The average Bonchev–Trinajstić information content (AvgIpc) is 2.79. The molecular weight excluding hydrogens is 252 g/mol. The minimum absolute atomic E-state index is 0.0104. The highest BCUT2D eigenvalue weighted by Gasteiger charge is 2.31. The summed E-state index contributed by atoms with van der Waals surface area (Å²) in [5.74, 6) is 0.0945. The number of rotatable bonds is 3. The molecule has 5 heteroatoms. The van der Waals surface area contributed by atoms with E-state index in [9.17, 15) is 4.79 Å². The SMILES string of the molecule is C[SH](S)N1CCC[C@H]1C(=O)Nc1ccccc1. The Labute approximate surface area is 110 Å². The summed E-state index contributed by atoms with van der Waals surface area (Å²) in [5.41, 5.74) is 0.865. The summed E-state index contributed by atoms with van der Waals surface area (Å²) in [6.45, 7) is 0.985. The lowest BCUT2D eigenvalue weighted by Crippen LogP contribution is -2.36. The average molecular weight is 270 g/mol. The number of anilines is 1. The van der Waals surface area contributed by atoms with Gasteiger partial charge in [-0.3, -0.25) is 4.79 Å². The van der Waals surface area contributed by atoms with Crippen molar-refractivity contribution in [2.75, 3.05) is 18.1 Å². The summed E-state index contributed by atoms with van der Waals surface area (Å²) in [5, 5.41) is 2.96. The van der Waals surface area contributed by atoms with Crippen LogP contribution in [-0.4, -0.2) is 29.1 Å². The second kappa shape index (κ2) is 5.80. The lowest BCUT2D eigenvalue weighted by molar-refractivity contribution is -0.119. The smallest absolute Gasteiger partial charge is 0.242 e. The number of amides is 1. The maximum Gasteiger partial charge on any atom is 0.242 e. The molecule has 17 heavy (non-hydrogen) atoms. The molecule has 1 amide bonds. The Morgan fingerprint density at radius 3 is 2.82 bits per heavy atom. The van der Waals surface area contributed by atoms with E-state index in [1.807, 2.05) is 30.3 Å². The van der Waals surface area contributed by atoms with Gasteiger partial charge in [0, 0.05) is 12.2 Å². The molecule has 1 N–H and O–H groups in total. The Kier molecular flexibility index (Phi) is 4.36. The van der Waals surface area contributed by atoms with Crippen LogP contribution in [0.3, 0.4) is 0 Å². The van der Waals surface area contributed by atoms with E-state index in [-0.39, 0.29) is 11.9 Å². The van der Waals surface area contributed by atoms with E-state index in [1.54, 1.807) is 0 Å². The molecule has 0 radical (unpaired) electrons. The third kappa shape index (κ3) is 3.18. The van der Waals surface area contributed by atoms with Crippen molar-refractivity contribution in [3.63, 3.8) is 0 Å². The fourth-order valence-electron chi connectivity index (χ4n) is 2.11. The van der Waals surface area contributed by atoms with Gasteiger partial charge in [-0.05, 0) is 31.2 Å². The van der Waals surface area contributed by atoms with E-state index in [2.05, 4.69) is 27.5 Å². The van der Waals surface area contributed by atoms with Gasteiger partial charge < -0.3 is 5.32 Å². The molecule has 1 aromatic rings. The standard InChI is InChI=1S/C12H18N2OS2/c1-17(16)14-9-5-8-11(14)12(15)13-10-6-3-2-4-7-10/h2-4,6-7,11,16-17H,5,8-9H2,1H3,(H,13,15)/t11-/m0/s1. The first-order chi connectivity index (χ1) is 8.18.